The van der Waals surface area contributed by atoms with E-state index in [1.54, 1.807) is 0 Å². The average Bonchev–Trinajstić information content (AvgIpc) is 2.98. The number of ether oxygens (including phenoxy) is 2. The molecule has 1 heterocycles. The predicted octanol–water partition coefficient (Wildman–Crippen LogP) is 3.14. The zero-order chi connectivity index (χ0) is 17.9. The smallest absolute Gasteiger partial charge is 0.305 e. The van der Waals surface area contributed by atoms with Crippen molar-refractivity contribution < 1.29 is 19.1 Å². The molecule has 0 saturated heterocycles. The molecule has 1 aliphatic rings. The molecular formula is C20H27NO4. The van der Waals surface area contributed by atoms with Crippen LogP contribution in [0.15, 0.2) is 41.8 Å². The Morgan fingerprint density at radius 3 is 2.68 bits per heavy atom. The van der Waals surface area contributed by atoms with Crippen molar-refractivity contribution in [2.75, 3.05) is 20.3 Å². The standard InChI is InChI=1S/C20H27NO4/c1-24-19(23)13-6-3-7-14-21-20-17(18(22)15-25-20)12-8-11-16-9-4-2-5-10-16/h2,4-5,9-10,21H,3,6-8,11-15H2,1H3. The van der Waals surface area contributed by atoms with Crippen molar-refractivity contribution in [3.63, 3.8) is 0 Å². The summed E-state index contributed by atoms with van der Waals surface area (Å²) >= 11 is 0. The molecule has 0 bridgehead atoms. The highest BCUT2D eigenvalue weighted by atomic mass is 16.5. The van der Waals surface area contributed by atoms with Gasteiger partial charge in [0.1, 0.15) is 0 Å². The summed E-state index contributed by atoms with van der Waals surface area (Å²) in [4.78, 5) is 23.0. The van der Waals surface area contributed by atoms with Gasteiger partial charge in [-0.3, -0.25) is 9.59 Å². The van der Waals surface area contributed by atoms with Crippen molar-refractivity contribution in [3.8, 4) is 0 Å². The van der Waals surface area contributed by atoms with E-state index in [-0.39, 0.29) is 18.4 Å². The molecular weight excluding hydrogens is 318 g/mol. The number of aryl methyl sites for hydroxylation is 1. The molecule has 0 unspecified atom stereocenters. The molecule has 1 aromatic rings. The highest BCUT2D eigenvalue weighted by Crippen LogP contribution is 2.20. The van der Waals surface area contributed by atoms with Gasteiger partial charge in [0.2, 0.25) is 5.78 Å². The van der Waals surface area contributed by atoms with Crippen molar-refractivity contribution in [2.45, 2.75) is 44.9 Å². The van der Waals surface area contributed by atoms with Crippen LogP contribution in [0.1, 0.15) is 44.1 Å². The fraction of sp³-hybridized carbons (Fsp3) is 0.500. The molecule has 0 aromatic heterocycles. The van der Waals surface area contributed by atoms with Gasteiger partial charge in [0.05, 0.1) is 12.7 Å². The number of unbranched alkanes of at least 4 members (excludes halogenated alkanes) is 2. The number of benzene rings is 1. The molecule has 0 atom stereocenters. The van der Waals surface area contributed by atoms with E-state index in [9.17, 15) is 9.59 Å². The summed E-state index contributed by atoms with van der Waals surface area (Å²) in [5.41, 5.74) is 2.07. The van der Waals surface area contributed by atoms with Crippen LogP contribution in [-0.4, -0.2) is 32.0 Å². The highest BCUT2D eigenvalue weighted by Gasteiger charge is 2.24. The van der Waals surface area contributed by atoms with E-state index in [2.05, 4.69) is 22.2 Å². The van der Waals surface area contributed by atoms with Crippen LogP contribution in [0.4, 0.5) is 0 Å². The summed E-state index contributed by atoms with van der Waals surface area (Å²) in [6.07, 6.45) is 5.76. The summed E-state index contributed by atoms with van der Waals surface area (Å²) in [6.45, 7) is 0.886. The highest BCUT2D eigenvalue weighted by molar-refractivity contribution is 5.98. The molecule has 0 saturated carbocycles. The number of carbonyl (C=O) groups is 2. The lowest BCUT2D eigenvalue weighted by Crippen LogP contribution is -2.16. The van der Waals surface area contributed by atoms with Crippen molar-refractivity contribution in [1.82, 2.24) is 5.32 Å². The second kappa shape index (κ2) is 10.5. The second-order valence-corrected chi connectivity index (χ2v) is 6.17. The third kappa shape index (κ3) is 6.61. The Morgan fingerprint density at radius 2 is 1.92 bits per heavy atom. The van der Waals surface area contributed by atoms with E-state index in [0.717, 1.165) is 50.6 Å². The second-order valence-electron chi connectivity index (χ2n) is 6.17. The molecule has 1 aromatic carbocycles. The van der Waals surface area contributed by atoms with Gasteiger partial charge in [0, 0.05) is 13.0 Å². The van der Waals surface area contributed by atoms with E-state index >= 15 is 0 Å². The fourth-order valence-corrected chi connectivity index (χ4v) is 2.84. The van der Waals surface area contributed by atoms with Gasteiger partial charge in [-0.15, -0.1) is 0 Å². The molecule has 5 heteroatoms. The van der Waals surface area contributed by atoms with E-state index < -0.39 is 0 Å². The Bertz CT molecular complexity index is 595. The van der Waals surface area contributed by atoms with Gasteiger partial charge in [0.15, 0.2) is 12.5 Å². The summed E-state index contributed by atoms with van der Waals surface area (Å²) in [5, 5.41) is 3.23. The number of Topliss-reactive ketones (excluding diaryl/α,β-unsaturated/α-hetero) is 1. The normalized spacial score (nSPS) is 13.7. The molecule has 0 amide bonds. The van der Waals surface area contributed by atoms with Gasteiger partial charge < -0.3 is 14.8 Å². The first kappa shape index (κ1) is 19.0. The Kier molecular flexibility index (Phi) is 8.02. The van der Waals surface area contributed by atoms with Crippen LogP contribution in [0.2, 0.25) is 0 Å². The first-order chi connectivity index (χ1) is 12.2. The Labute approximate surface area is 149 Å². The number of methoxy groups -OCH3 is 1. The topological polar surface area (TPSA) is 64.6 Å². The number of ketones is 1. The zero-order valence-corrected chi connectivity index (χ0v) is 14.9. The average molecular weight is 345 g/mol. The maximum atomic E-state index is 12.0. The zero-order valence-electron chi connectivity index (χ0n) is 14.9. The van der Waals surface area contributed by atoms with Crippen LogP contribution in [0.3, 0.4) is 0 Å². The third-order valence-electron chi connectivity index (χ3n) is 4.26. The summed E-state index contributed by atoms with van der Waals surface area (Å²) in [5.74, 6) is 0.563. The number of esters is 1. The Balaban J connectivity index is 1.69. The number of rotatable bonds is 11. The minimum absolute atomic E-state index is 0.0845. The molecule has 25 heavy (non-hydrogen) atoms. The number of nitrogens with one attached hydrogen (secondary N) is 1. The van der Waals surface area contributed by atoms with Crippen molar-refractivity contribution in [2.24, 2.45) is 0 Å². The van der Waals surface area contributed by atoms with Gasteiger partial charge in [-0.1, -0.05) is 36.8 Å². The van der Waals surface area contributed by atoms with Crippen LogP contribution >= 0.6 is 0 Å². The maximum absolute atomic E-state index is 12.0. The lowest BCUT2D eigenvalue weighted by atomic mass is 10.0. The summed E-state index contributed by atoms with van der Waals surface area (Å²) in [6, 6.07) is 10.3. The largest absolute Gasteiger partial charge is 0.471 e. The Morgan fingerprint density at radius 1 is 1.12 bits per heavy atom. The van der Waals surface area contributed by atoms with Crippen molar-refractivity contribution >= 4 is 11.8 Å². The van der Waals surface area contributed by atoms with Crippen LogP contribution in [0, 0.1) is 0 Å². The van der Waals surface area contributed by atoms with Crippen LogP contribution in [-0.2, 0) is 25.5 Å². The van der Waals surface area contributed by atoms with Gasteiger partial charge in [0.25, 0.3) is 0 Å². The minimum Gasteiger partial charge on any atom is -0.471 e. The quantitative estimate of drug-likeness (QED) is 0.493. The number of carbonyl (C=O) groups excluding carboxylic acids is 2. The van der Waals surface area contributed by atoms with Gasteiger partial charge >= 0.3 is 5.97 Å². The van der Waals surface area contributed by atoms with E-state index in [1.165, 1.54) is 12.7 Å². The lowest BCUT2D eigenvalue weighted by molar-refractivity contribution is -0.140. The van der Waals surface area contributed by atoms with E-state index in [4.69, 9.17) is 4.74 Å². The van der Waals surface area contributed by atoms with Gasteiger partial charge in [-0.25, -0.2) is 0 Å². The van der Waals surface area contributed by atoms with Crippen molar-refractivity contribution in [3.05, 3.63) is 47.4 Å². The SMILES string of the molecule is COC(=O)CCCCCNC1=C(CCCc2ccccc2)C(=O)CO1. The number of hydrogen-bond acceptors (Lipinski definition) is 5. The lowest BCUT2D eigenvalue weighted by Gasteiger charge is -2.09. The molecule has 5 nitrogen and oxygen atoms in total. The van der Waals surface area contributed by atoms with E-state index in [0.29, 0.717) is 12.3 Å². The number of hydrogen-bond donors (Lipinski definition) is 1. The fourth-order valence-electron chi connectivity index (χ4n) is 2.84. The molecule has 0 radical (unpaired) electrons. The van der Waals surface area contributed by atoms with Gasteiger partial charge in [-0.2, -0.15) is 0 Å². The predicted molar refractivity (Wildman–Crippen MR) is 95.9 cm³/mol. The molecule has 2 rings (SSSR count). The third-order valence-corrected chi connectivity index (χ3v) is 4.26. The molecule has 1 N–H and O–H groups in total. The molecule has 0 spiro atoms. The van der Waals surface area contributed by atoms with E-state index in [1.807, 2.05) is 18.2 Å². The summed E-state index contributed by atoms with van der Waals surface area (Å²) < 4.78 is 10.1. The van der Waals surface area contributed by atoms with Crippen LogP contribution < -0.4 is 5.32 Å². The maximum Gasteiger partial charge on any atom is 0.305 e. The first-order valence-corrected chi connectivity index (χ1v) is 8.94. The molecule has 0 aliphatic carbocycles. The summed E-state index contributed by atoms with van der Waals surface area (Å²) in [7, 11) is 1.41. The van der Waals surface area contributed by atoms with Crippen molar-refractivity contribution in [1.29, 1.82) is 0 Å². The minimum atomic E-state index is -0.166. The van der Waals surface area contributed by atoms with Gasteiger partial charge in [-0.05, 0) is 37.7 Å². The first-order valence-electron chi connectivity index (χ1n) is 8.94. The van der Waals surface area contributed by atoms with Crippen LogP contribution in [0.25, 0.3) is 0 Å². The van der Waals surface area contributed by atoms with Crippen LogP contribution in [0.5, 0.6) is 0 Å². The molecule has 136 valence electrons. The molecule has 0 fully saturated rings. The monoisotopic (exact) mass is 345 g/mol. The molecule has 1 aliphatic heterocycles. The Hall–Kier alpha value is -2.30.